The van der Waals surface area contributed by atoms with E-state index in [0.717, 1.165) is 65.2 Å². The smallest absolute Gasteiger partial charge is 0.302 e. The molecule has 1 fully saturated rings. The molecule has 0 spiro atoms. The number of aliphatic hydroxyl groups is 1. The van der Waals surface area contributed by atoms with Crippen molar-refractivity contribution in [3.05, 3.63) is 71.5 Å². The number of aromatic nitrogens is 3. The summed E-state index contributed by atoms with van der Waals surface area (Å²) >= 11 is 0. The molecule has 1 saturated heterocycles. The van der Waals surface area contributed by atoms with Gasteiger partial charge in [0.15, 0.2) is 5.65 Å². The predicted octanol–water partition coefficient (Wildman–Crippen LogP) is 4.85. The largest absolute Gasteiger partial charge is 0.464 e. The maximum Gasteiger partial charge on any atom is 0.302 e. The number of aryl methyl sites for hydroxylation is 1. The molecule has 1 aliphatic rings. The average molecular weight is 482 g/mol. The minimum atomic E-state index is -0.0403. The Morgan fingerprint density at radius 2 is 1.97 bits per heavy atom. The molecule has 0 unspecified atom stereocenters. The van der Waals surface area contributed by atoms with Crippen LogP contribution in [0.2, 0.25) is 0 Å². The number of nitriles is 1. The molecule has 3 heterocycles. The van der Waals surface area contributed by atoms with Crippen LogP contribution in [-0.2, 0) is 6.61 Å². The first-order valence-electron chi connectivity index (χ1n) is 12.5. The number of benzene rings is 2. The number of aliphatic hydroxyl groups excluding tert-OH is 1. The Labute approximate surface area is 211 Å². The quantitative estimate of drug-likeness (QED) is 0.406. The minimum absolute atomic E-state index is 0.0403. The fourth-order valence-electron chi connectivity index (χ4n) is 5.00. The maximum absolute atomic E-state index is 9.89. The summed E-state index contributed by atoms with van der Waals surface area (Å²) in [5, 5.41) is 19.2. The molecule has 36 heavy (non-hydrogen) atoms. The zero-order valence-electron chi connectivity index (χ0n) is 20.8. The highest BCUT2D eigenvalue weighted by atomic mass is 16.5. The third-order valence-electron chi connectivity index (χ3n) is 7.11. The number of nitrogens with zero attached hydrogens (tertiary/aromatic N) is 5. The molecule has 1 N–H and O–H groups in total. The van der Waals surface area contributed by atoms with Crippen molar-refractivity contribution in [2.75, 3.05) is 26.2 Å². The van der Waals surface area contributed by atoms with Crippen LogP contribution >= 0.6 is 0 Å². The second-order valence-corrected chi connectivity index (χ2v) is 9.44. The van der Waals surface area contributed by atoms with E-state index in [1.54, 1.807) is 18.3 Å². The van der Waals surface area contributed by atoms with Gasteiger partial charge in [0.2, 0.25) is 0 Å². The molecule has 2 aromatic heterocycles. The Morgan fingerprint density at radius 3 is 2.72 bits per heavy atom. The molecule has 0 amide bonds. The molecule has 1 atom stereocenters. The van der Waals surface area contributed by atoms with E-state index in [2.05, 4.69) is 17.9 Å². The molecule has 0 saturated carbocycles. The van der Waals surface area contributed by atoms with Gasteiger partial charge in [-0.3, -0.25) is 4.40 Å². The number of hydrogen-bond acceptors (Lipinski definition) is 6. The highest BCUT2D eigenvalue weighted by Gasteiger charge is 2.23. The van der Waals surface area contributed by atoms with E-state index in [9.17, 15) is 10.4 Å². The van der Waals surface area contributed by atoms with Gasteiger partial charge in [-0.2, -0.15) is 10.2 Å². The van der Waals surface area contributed by atoms with Crippen LogP contribution in [0.3, 0.4) is 0 Å². The van der Waals surface area contributed by atoms with Crippen molar-refractivity contribution in [2.45, 2.75) is 33.3 Å². The zero-order chi connectivity index (χ0) is 25.1. The van der Waals surface area contributed by atoms with E-state index < -0.39 is 0 Å². The molecule has 7 nitrogen and oxygen atoms in total. The first-order chi connectivity index (χ1) is 17.6. The molecular weight excluding hydrogens is 450 g/mol. The van der Waals surface area contributed by atoms with Crippen molar-refractivity contribution in [2.24, 2.45) is 5.92 Å². The van der Waals surface area contributed by atoms with Crippen molar-refractivity contribution in [1.29, 1.82) is 5.26 Å². The van der Waals surface area contributed by atoms with Gasteiger partial charge in [0.1, 0.15) is 0 Å². The number of fused-ring (bicyclic) bond motifs is 1. The maximum atomic E-state index is 9.89. The molecule has 7 heteroatoms. The fourth-order valence-corrected chi connectivity index (χ4v) is 5.00. The second kappa shape index (κ2) is 10.5. The summed E-state index contributed by atoms with van der Waals surface area (Å²) in [7, 11) is 0. The van der Waals surface area contributed by atoms with Crippen molar-refractivity contribution < 1.29 is 9.84 Å². The third-order valence-corrected chi connectivity index (χ3v) is 7.11. The lowest BCUT2D eigenvalue weighted by molar-refractivity contribution is 0.129. The van der Waals surface area contributed by atoms with Crippen LogP contribution in [0.15, 0.2) is 54.9 Å². The van der Waals surface area contributed by atoms with Crippen LogP contribution in [0.25, 0.3) is 28.0 Å². The standard InChI is InChI=1S/C29H31N5O2/c1-3-33-13-4-5-22(17-33)19-36-29-32-27(23-10-7-21(16-30)8-11-23)26(28-31-12-14-34(28)29)24-9-6-20(2)25(15-24)18-35/h6-12,14-15,22,35H,3-5,13,17-19H2,1-2H3/t22-/m1/s1. The van der Waals surface area contributed by atoms with E-state index >= 15 is 0 Å². The summed E-state index contributed by atoms with van der Waals surface area (Å²) in [6.07, 6.45) is 5.98. The van der Waals surface area contributed by atoms with Crippen LogP contribution in [0, 0.1) is 24.2 Å². The Bertz CT molecular complexity index is 1400. The van der Waals surface area contributed by atoms with Gasteiger partial charge in [0.25, 0.3) is 0 Å². The summed E-state index contributed by atoms with van der Waals surface area (Å²) in [6, 6.07) is 16.2. The van der Waals surface area contributed by atoms with Gasteiger partial charge in [-0.15, -0.1) is 0 Å². The Kier molecular flexibility index (Phi) is 6.99. The number of imidazole rings is 1. The fraction of sp³-hybridized carbons (Fsp3) is 0.345. The normalized spacial score (nSPS) is 16.2. The topological polar surface area (TPSA) is 86.7 Å². The zero-order valence-corrected chi connectivity index (χ0v) is 20.8. The molecule has 0 aliphatic carbocycles. The Hall–Kier alpha value is -3.73. The van der Waals surface area contributed by atoms with Crippen LogP contribution in [0.1, 0.15) is 36.5 Å². The molecule has 5 rings (SSSR count). The molecule has 184 valence electrons. The van der Waals surface area contributed by atoms with Gasteiger partial charge in [0, 0.05) is 30.4 Å². The van der Waals surface area contributed by atoms with Crippen molar-refractivity contribution in [3.63, 3.8) is 0 Å². The highest BCUT2D eigenvalue weighted by Crippen LogP contribution is 2.37. The third kappa shape index (κ3) is 4.70. The highest BCUT2D eigenvalue weighted by molar-refractivity contribution is 5.90. The number of hydrogen-bond donors (Lipinski definition) is 1. The van der Waals surface area contributed by atoms with E-state index in [1.165, 1.54) is 6.42 Å². The van der Waals surface area contributed by atoms with E-state index in [1.807, 2.05) is 47.9 Å². The van der Waals surface area contributed by atoms with Gasteiger partial charge in [-0.25, -0.2) is 4.98 Å². The van der Waals surface area contributed by atoms with Gasteiger partial charge in [-0.1, -0.05) is 31.2 Å². The summed E-state index contributed by atoms with van der Waals surface area (Å²) in [6.45, 7) is 8.00. The summed E-state index contributed by atoms with van der Waals surface area (Å²) in [4.78, 5) is 12.2. The average Bonchev–Trinajstić information content (AvgIpc) is 3.42. The SMILES string of the molecule is CCN1CCC[C@@H](COc2nc(-c3ccc(C#N)cc3)c(-c3ccc(C)c(CO)c3)c3nccn23)C1. The lowest BCUT2D eigenvalue weighted by Crippen LogP contribution is -2.37. The minimum Gasteiger partial charge on any atom is -0.464 e. The monoisotopic (exact) mass is 481 g/mol. The van der Waals surface area contributed by atoms with Crippen molar-refractivity contribution in [3.8, 4) is 34.5 Å². The van der Waals surface area contributed by atoms with Gasteiger partial charge >= 0.3 is 6.01 Å². The first kappa shape index (κ1) is 24.0. The van der Waals surface area contributed by atoms with Crippen LogP contribution in [0.4, 0.5) is 0 Å². The summed E-state index contributed by atoms with van der Waals surface area (Å²) < 4.78 is 8.27. The first-order valence-corrected chi connectivity index (χ1v) is 12.5. The molecule has 1 aliphatic heterocycles. The van der Waals surface area contributed by atoms with Crippen LogP contribution in [-0.4, -0.2) is 50.6 Å². The number of likely N-dealkylation sites (tertiary alicyclic amines) is 1. The van der Waals surface area contributed by atoms with Crippen LogP contribution in [0.5, 0.6) is 6.01 Å². The molecule has 0 radical (unpaired) electrons. The molecular formula is C29H31N5O2. The van der Waals surface area contributed by atoms with Gasteiger partial charge in [-0.05, 0) is 67.7 Å². The van der Waals surface area contributed by atoms with E-state index in [-0.39, 0.29) is 6.61 Å². The van der Waals surface area contributed by atoms with Gasteiger partial charge < -0.3 is 14.7 Å². The number of ether oxygens (including phenoxy) is 1. The Morgan fingerprint density at radius 1 is 1.17 bits per heavy atom. The van der Waals surface area contributed by atoms with E-state index in [4.69, 9.17) is 14.7 Å². The van der Waals surface area contributed by atoms with Crippen LogP contribution < -0.4 is 4.74 Å². The summed E-state index contributed by atoms with van der Waals surface area (Å²) in [5.41, 5.74) is 6.62. The summed E-state index contributed by atoms with van der Waals surface area (Å²) in [5.74, 6) is 0.460. The van der Waals surface area contributed by atoms with Gasteiger partial charge in [0.05, 0.1) is 36.1 Å². The molecule has 0 bridgehead atoms. The number of piperidine rings is 1. The molecule has 2 aromatic carbocycles. The van der Waals surface area contributed by atoms with Crippen molar-refractivity contribution in [1.82, 2.24) is 19.3 Å². The lowest BCUT2D eigenvalue weighted by Gasteiger charge is -2.31. The predicted molar refractivity (Wildman–Crippen MR) is 140 cm³/mol. The van der Waals surface area contributed by atoms with E-state index in [0.29, 0.717) is 24.1 Å². The Balaban J connectivity index is 1.61. The molecule has 4 aromatic rings. The second-order valence-electron chi connectivity index (χ2n) is 9.44. The number of rotatable bonds is 7. The van der Waals surface area contributed by atoms with Crippen molar-refractivity contribution >= 4 is 5.65 Å². The lowest BCUT2D eigenvalue weighted by atomic mass is 9.96.